The lowest BCUT2D eigenvalue weighted by atomic mass is 10.1. The van der Waals surface area contributed by atoms with Gasteiger partial charge in [0.05, 0.1) is 23.3 Å². The van der Waals surface area contributed by atoms with Crippen LogP contribution >= 0.6 is 31.9 Å². The standard InChI is InChI=1S/C18H14Br2N2O/c19-7-5-15-9-13(11-21)1-3-17(15)23-18-4-2-14(12-22)10-16(18)6-8-20/h1-4,9-10H,5-8H2. The molecular formula is C18H14Br2N2O. The Morgan fingerprint density at radius 1 is 0.783 bits per heavy atom. The van der Waals surface area contributed by atoms with Crippen LogP contribution in [0.3, 0.4) is 0 Å². The normalized spacial score (nSPS) is 9.91. The van der Waals surface area contributed by atoms with Crippen LogP contribution in [0, 0.1) is 22.7 Å². The zero-order valence-electron chi connectivity index (χ0n) is 12.4. The van der Waals surface area contributed by atoms with Gasteiger partial charge in [-0.05, 0) is 60.4 Å². The van der Waals surface area contributed by atoms with E-state index >= 15 is 0 Å². The molecule has 0 aliphatic heterocycles. The van der Waals surface area contributed by atoms with Crippen LogP contribution in [0.2, 0.25) is 0 Å². The van der Waals surface area contributed by atoms with Gasteiger partial charge >= 0.3 is 0 Å². The SMILES string of the molecule is N#Cc1ccc(Oc2ccc(C#N)cc2CCBr)c(CCBr)c1. The first-order valence-corrected chi connectivity index (χ1v) is 9.32. The molecule has 0 heterocycles. The van der Waals surface area contributed by atoms with E-state index in [1.54, 1.807) is 12.1 Å². The van der Waals surface area contributed by atoms with Crippen molar-refractivity contribution in [2.24, 2.45) is 0 Å². The second kappa shape index (κ2) is 8.72. The summed E-state index contributed by atoms with van der Waals surface area (Å²) < 4.78 is 6.08. The summed E-state index contributed by atoms with van der Waals surface area (Å²) in [6.45, 7) is 0. The van der Waals surface area contributed by atoms with Crippen LogP contribution in [0.5, 0.6) is 11.5 Å². The summed E-state index contributed by atoms with van der Waals surface area (Å²) in [6.07, 6.45) is 1.55. The molecule has 2 aromatic carbocycles. The maximum atomic E-state index is 9.04. The predicted octanol–water partition coefficient (Wildman–Crippen LogP) is 5.10. The van der Waals surface area contributed by atoms with Gasteiger partial charge in [0, 0.05) is 10.7 Å². The van der Waals surface area contributed by atoms with E-state index in [1.807, 2.05) is 24.3 Å². The van der Waals surface area contributed by atoms with E-state index < -0.39 is 0 Å². The van der Waals surface area contributed by atoms with Crippen LogP contribution in [0.4, 0.5) is 0 Å². The fourth-order valence-corrected chi connectivity index (χ4v) is 3.06. The molecule has 0 radical (unpaired) electrons. The third kappa shape index (κ3) is 4.58. The van der Waals surface area contributed by atoms with Gasteiger partial charge < -0.3 is 4.74 Å². The number of alkyl halides is 2. The molecule has 0 spiro atoms. The van der Waals surface area contributed by atoms with Crippen molar-refractivity contribution in [3.05, 3.63) is 58.7 Å². The molecule has 2 aromatic rings. The Balaban J connectivity index is 2.39. The van der Waals surface area contributed by atoms with Gasteiger partial charge in [0.25, 0.3) is 0 Å². The minimum atomic E-state index is 0.619. The number of rotatable bonds is 6. The smallest absolute Gasteiger partial charge is 0.130 e. The molecular weight excluding hydrogens is 420 g/mol. The highest BCUT2D eigenvalue weighted by molar-refractivity contribution is 9.09. The van der Waals surface area contributed by atoms with Crippen molar-refractivity contribution in [1.29, 1.82) is 10.5 Å². The van der Waals surface area contributed by atoms with Gasteiger partial charge in [0.15, 0.2) is 0 Å². The predicted molar refractivity (Wildman–Crippen MR) is 97.4 cm³/mol. The Kier molecular flexibility index (Phi) is 6.65. The Hall–Kier alpha value is -1.82. The van der Waals surface area contributed by atoms with E-state index in [2.05, 4.69) is 44.0 Å². The Morgan fingerprint density at radius 3 is 1.57 bits per heavy atom. The lowest BCUT2D eigenvalue weighted by Gasteiger charge is -2.14. The molecule has 116 valence electrons. The lowest BCUT2D eigenvalue weighted by Crippen LogP contribution is -1.98. The largest absolute Gasteiger partial charge is 0.457 e. The Morgan fingerprint density at radius 2 is 1.22 bits per heavy atom. The number of nitriles is 2. The molecule has 0 bridgehead atoms. The van der Waals surface area contributed by atoms with Crippen LogP contribution in [-0.2, 0) is 12.8 Å². The first-order chi connectivity index (χ1) is 11.2. The van der Waals surface area contributed by atoms with Crippen molar-refractivity contribution in [3.8, 4) is 23.6 Å². The highest BCUT2D eigenvalue weighted by atomic mass is 79.9. The molecule has 3 nitrogen and oxygen atoms in total. The summed E-state index contributed by atoms with van der Waals surface area (Å²) in [5.74, 6) is 1.48. The van der Waals surface area contributed by atoms with Gasteiger partial charge in [-0.2, -0.15) is 10.5 Å². The van der Waals surface area contributed by atoms with Crippen LogP contribution in [0.1, 0.15) is 22.3 Å². The van der Waals surface area contributed by atoms with Gasteiger partial charge in [-0.1, -0.05) is 31.9 Å². The molecule has 5 heteroatoms. The molecule has 0 saturated carbocycles. The molecule has 0 aliphatic carbocycles. The number of hydrogen-bond acceptors (Lipinski definition) is 3. The van der Waals surface area contributed by atoms with E-state index in [9.17, 15) is 0 Å². The second-order valence-electron chi connectivity index (χ2n) is 4.85. The van der Waals surface area contributed by atoms with Crippen LogP contribution in [-0.4, -0.2) is 10.7 Å². The average molecular weight is 434 g/mol. The fourth-order valence-electron chi connectivity index (χ4n) is 2.21. The highest BCUT2D eigenvalue weighted by Gasteiger charge is 2.10. The lowest BCUT2D eigenvalue weighted by molar-refractivity contribution is 0.471. The zero-order chi connectivity index (χ0) is 16.7. The van der Waals surface area contributed by atoms with Crippen molar-refractivity contribution in [1.82, 2.24) is 0 Å². The summed E-state index contributed by atoms with van der Waals surface area (Å²) in [5, 5.41) is 19.7. The fraction of sp³-hybridized carbons (Fsp3) is 0.222. The maximum Gasteiger partial charge on any atom is 0.130 e. The Labute approximate surface area is 152 Å². The summed E-state index contributed by atoms with van der Waals surface area (Å²) in [5.41, 5.74) is 3.20. The van der Waals surface area contributed by atoms with E-state index in [0.717, 1.165) is 46.1 Å². The molecule has 0 saturated heterocycles. The summed E-state index contributed by atoms with van der Waals surface area (Å²) in [6, 6.07) is 15.2. The molecule has 0 atom stereocenters. The average Bonchev–Trinajstić information content (AvgIpc) is 2.58. The van der Waals surface area contributed by atoms with Gasteiger partial charge in [-0.25, -0.2) is 0 Å². The first kappa shape index (κ1) is 17.5. The molecule has 0 aliphatic rings. The monoisotopic (exact) mass is 432 g/mol. The van der Waals surface area contributed by atoms with Gasteiger partial charge in [0.2, 0.25) is 0 Å². The van der Waals surface area contributed by atoms with Gasteiger partial charge in [-0.3, -0.25) is 0 Å². The van der Waals surface area contributed by atoms with E-state index in [1.165, 1.54) is 0 Å². The second-order valence-corrected chi connectivity index (χ2v) is 6.43. The number of benzene rings is 2. The number of aryl methyl sites for hydroxylation is 2. The minimum Gasteiger partial charge on any atom is -0.457 e. The van der Waals surface area contributed by atoms with Crippen molar-refractivity contribution in [2.45, 2.75) is 12.8 Å². The topological polar surface area (TPSA) is 56.8 Å². The molecule has 2 rings (SSSR count). The molecule has 0 unspecified atom stereocenters. The van der Waals surface area contributed by atoms with E-state index in [4.69, 9.17) is 15.3 Å². The molecule has 0 aromatic heterocycles. The summed E-state index contributed by atoms with van der Waals surface area (Å²) >= 11 is 6.86. The quantitative estimate of drug-likeness (QED) is 0.595. The Bertz CT molecular complexity index is 710. The molecule has 0 amide bonds. The summed E-state index contributed by atoms with van der Waals surface area (Å²) in [7, 11) is 0. The number of halogens is 2. The third-order valence-electron chi connectivity index (χ3n) is 3.33. The van der Waals surface area contributed by atoms with Crippen LogP contribution in [0.15, 0.2) is 36.4 Å². The van der Waals surface area contributed by atoms with E-state index in [-0.39, 0.29) is 0 Å². The maximum absolute atomic E-state index is 9.04. The first-order valence-electron chi connectivity index (χ1n) is 7.07. The number of ether oxygens (including phenoxy) is 1. The van der Waals surface area contributed by atoms with Gasteiger partial charge in [0.1, 0.15) is 11.5 Å². The zero-order valence-corrected chi connectivity index (χ0v) is 15.5. The molecule has 23 heavy (non-hydrogen) atoms. The van der Waals surface area contributed by atoms with E-state index in [0.29, 0.717) is 11.1 Å². The van der Waals surface area contributed by atoms with Gasteiger partial charge in [-0.15, -0.1) is 0 Å². The highest BCUT2D eigenvalue weighted by Crippen LogP contribution is 2.30. The van der Waals surface area contributed by atoms with Crippen LogP contribution in [0.25, 0.3) is 0 Å². The summed E-state index contributed by atoms with van der Waals surface area (Å²) in [4.78, 5) is 0. The number of nitrogens with zero attached hydrogens (tertiary/aromatic N) is 2. The number of hydrogen-bond donors (Lipinski definition) is 0. The molecule has 0 fully saturated rings. The third-order valence-corrected chi connectivity index (χ3v) is 4.12. The molecule has 0 N–H and O–H groups in total. The van der Waals surface area contributed by atoms with Crippen molar-refractivity contribution >= 4 is 31.9 Å². The van der Waals surface area contributed by atoms with Crippen molar-refractivity contribution in [2.75, 3.05) is 10.7 Å². The van der Waals surface area contributed by atoms with Crippen molar-refractivity contribution < 1.29 is 4.74 Å². The van der Waals surface area contributed by atoms with Crippen LogP contribution < -0.4 is 4.74 Å². The van der Waals surface area contributed by atoms with Crippen molar-refractivity contribution in [3.63, 3.8) is 0 Å². The minimum absolute atomic E-state index is 0.619.